The van der Waals surface area contributed by atoms with E-state index < -0.39 is 6.10 Å². The number of nitrogens with zero attached hydrogens (tertiary/aromatic N) is 1. The van der Waals surface area contributed by atoms with Gasteiger partial charge in [0.05, 0.1) is 19.3 Å². The lowest BCUT2D eigenvalue weighted by Crippen LogP contribution is -2.31. The Morgan fingerprint density at radius 1 is 1.47 bits per heavy atom. The molecular weight excluding hydrogens is 242 g/mol. The number of anilines is 1. The first-order valence-electron chi connectivity index (χ1n) is 6.85. The maximum absolute atomic E-state index is 10.0. The molecule has 4 nitrogen and oxygen atoms in total. The molecule has 2 atom stereocenters. The number of hydrogen-bond acceptors (Lipinski definition) is 4. The SMILES string of the molecule is COc1cccc(N2CCCOC(C)C2)c1[C@@H](C)O. The third kappa shape index (κ3) is 3.19. The first-order valence-corrected chi connectivity index (χ1v) is 6.85. The first kappa shape index (κ1) is 14.2. The van der Waals surface area contributed by atoms with Crippen molar-refractivity contribution in [1.29, 1.82) is 0 Å². The van der Waals surface area contributed by atoms with E-state index in [0.717, 1.165) is 43.1 Å². The van der Waals surface area contributed by atoms with Gasteiger partial charge in [-0.05, 0) is 32.4 Å². The summed E-state index contributed by atoms with van der Waals surface area (Å²) in [5.41, 5.74) is 1.91. The largest absolute Gasteiger partial charge is 0.496 e. The lowest BCUT2D eigenvalue weighted by Gasteiger charge is -2.28. The van der Waals surface area contributed by atoms with Crippen LogP contribution in [-0.2, 0) is 4.74 Å². The van der Waals surface area contributed by atoms with Crippen LogP contribution in [0.15, 0.2) is 18.2 Å². The maximum atomic E-state index is 10.0. The molecule has 0 aromatic heterocycles. The molecule has 1 saturated heterocycles. The van der Waals surface area contributed by atoms with Crippen LogP contribution < -0.4 is 9.64 Å². The lowest BCUT2D eigenvalue weighted by molar-refractivity contribution is 0.0820. The molecule has 0 spiro atoms. The second kappa shape index (κ2) is 6.26. The quantitative estimate of drug-likeness (QED) is 0.911. The fraction of sp³-hybridized carbons (Fsp3) is 0.600. The monoisotopic (exact) mass is 265 g/mol. The second-order valence-electron chi connectivity index (χ2n) is 5.05. The van der Waals surface area contributed by atoms with E-state index in [9.17, 15) is 5.11 Å². The van der Waals surface area contributed by atoms with Gasteiger partial charge in [0.1, 0.15) is 5.75 Å². The van der Waals surface area contributed by atoms with Gasteiger partial charge < -0.3 is 19.5 Å². The van der Waals surface area contributed by atoms with E-state index in [-0.39, 0.29) is 6.10 Å². The van der Waals surface area contributed by atoms with Crippen LogP contribution in [0.5, 0.6) is 5.75 Å². The van der Waals surface area contributed by atoms with Crippen LogP contribution in [0.2, 0.25) is 0 Å². The number of aliphatic hydroxyl groups is 1. The van der Waals surface area contributed by atoms with Gasteiger partial charge in [-0.15, -0.1) is 0 Å². The van der Waals surface area contributed by atoms with E-state index in [4.69, 9.17) is 9.47 Å². The predicted molar refractivity (Wildman–Crippen MR) is 75.9 cm³/mol. The summed E-state index contributed by atoms with van der Waals surface area (Å²) in [6.45, 7) is 6.44. The summed E-state index contributed by atoms with van der Waals surface area (Å²) in [5.74, 6) is 0.741. The molecule has 4 heteroatoms. The van der Waals surface area contributed by atoms with Crippen LogP contribution in [-0.4, -0.2) is 38.0 Å². The summed E-state index contributed by atoms with van der Waals surface area (Å²) < 4.78 is 11.1. The molecule has 1 heterocycles. The minimum absolute atomic E-state index is 0.204. The number of ether oxygens (including phenoxy) is 2. The molecule has 0 amide bonds. The van der Waals surface area contributed by atoms with Crippen LogP contribution in [0.3, 0.4) is 0 Å². The van der Waals surface area contributed by atoms with Gasteiger partial charge in [0, 0.05) is 30.9 Å². The Bertz CT molecular complexity index is 420. The highest BCUT2D eigenvalue weighted by Gasteiger charge is 2.21. The molecule has 1 unspecified atom stereocenters. The number of methoxy groups -OCH3 is 1. The van der Waals surface area contributed by atoms with Gasteiger partial charge in [0.2, 0.25) is 0 Å². The molecule has 106 valence electrons. The third-order valence-electron chi connectivity index (χ3n) is 3.47. The molecule has 1 aliphatic heterocycles. The normalized spacial score (nSPS) is 21.9. The van der Waals surface area contributed by atoms with E-state index in [0.29, 0.717) is 0 Å². The van der Waals surface area contributed by atoms with Gasteiger partial charge in [-0.25, -0.2) is 0 Å². The molecule has 0 saturated carbocycles. The van der Waals surface area contributed by atoms with Crippen LogP contribution in [0, 0.1) is 0 Å². The van der Waals surface area contributed by atoms with Crippen molar-refractivity contribution >= 4 is 5.69 Å². The van der Waals surface area contributed by atoms with Crippen molar-refractivity contribution in [2.75, 3.05) is 31.7 Å². The molecule has 0 aliphatic carbocycles. The summed E-state index contributed by atoms with van der Waals surface area (Å²) in [5, 5.41) is 10.0. The summed E-state index contributed by atoms with van der Waals surface area (Å²) >= 11 is 0. The second-order valence-corrected chi connectivity index (χ2v) is 5.05. The average molecular weight is 265 g/mol. The molecule has 1 aromatic carbocycles. The first-order chi connectivity index (χ1) is 9.13. The number of benzene rings is 1. The Labute approximate surface area is 114 Å². The molecule has 1 N–H and O–H groups in total. The van der Waals surface area contributed by atoms with Crippen molar-refractivity contribution in [3.05, 3.63) is 23.8 Å². The number of hydrogen-bond donors (Lipinski definition) is 1. The Balaban J connectivity index is 2.37. The summed E-state index contributed by atoms with van der Waals surface area (Å²) in [7, 11) is 1.64. The van der Waals surface area contributed by atoms with Gasteiger partial charge in [0.25, 0.3) is 0 Å². The summed E-state index contributed by atoms with van der Waals surface area (Å²) in [4.78, 5) is 2.28. The van der Waals surface area contributed by atoms with Gasteiger partial charge in [-0.3, -0.25) is 0 Å². The fourth-order valence-corrected chi connectivity index (χ4v) is 2.62. The Morgan fingerprint density at radius 2 is 2.26 bits per heavy atom. The molecule has 0 bridgehead atoms. The minimum atomic E-state index is -0.550. The van der Waals surface area contributed by atoms with Crippen molar-refractivity contribution in [3.8, 4) is 5.75 Å². The van der Waals surface area contributed by atoms with Crippen LogP contribution in [0.25, 0.3) is 0 Å². The van der Waals surface area contributed by atoms with E-state index in [2.05, 4.69) is 11.8 Å². The van der Waals surface area contributed by atoms with E-state index in [1.165, 1.54) is 0 Å². The fourth-order valence-electron chi connectivity index (χ4n) is 2.62. The van der Waals surface area contributed by atoms with Gasteiger partial charge in [-0.2, -0.15) is 0 Å². The van der Waals surface area contributed by atoms with Crippen LogP contribution in [0.4, 0.5) is 5.69 Å². The summed E-state index contributed by atoms with van der Waals surface area (Å²) in [6.07, 6.45) is 0.655. The smallest absolute Gasteiger partial charge is 0.126 e. The van der Waals surface area contributed by atoms with Crippen molar-refractivity contribution in [1.82, 2.24) is 0 Å². The highest BCUT2D eigenvalue weighted by Crippen LogP contribution is 2.35. The van der Waals surface area contributed by atoms with Crippen molar-refractivity contribution in [2.45, 2.75) is 32.5 Å². The van der Waals surface area contributed by atoms with E-state index in [1.807, 2.05) is 18.2 Å². The number of aliphatic hydroxyl groups excluding tert-OH is 1. The van der Waals surface area contributed by atoms with Gasteiger partial charge in [0.15, 0.2) is 0 Å². The Morgan fingerprint density at radius 3 is 2.95 bits per heavy atom. The topological polar surface area (TPSA) is 41.9 Å². The third-order valence-corrected chi connectivity index (χ3v) is 3.47. The van der Waals surface area contributed by atoms with Crippen molar-refractivity contribution in [3.63, 3.8) is 0 Å². The van der Waals surface area contributed by atoms with Crippen LogP contribution >= 0.6 is 0 Å². The minimum Gasteiger partial charge on any atom is -0.496 e. The standard InChI is InChI=1S/C15H23NO3/c1-11-10-16(8-5-9-19-11)13-6-4-7-14(18-3)15(13)12(2)17/h4,6-7,11-12,17H,5,8-10H2,1-3H3/t11?,12-/m1/s1. The van der Waals surface area contributed by atoms with Gasteiger partial charge in [-0.1, -0.05) is 6.07 Å². The highest BCUT2D eigenvalue weighted by molar-refractivity contribution is 5.60. The molecular formula is C15H23NO3. The van der Waals surface area contributed by atoms with E-state index in [1.54, 1.807) is 14.0 Å². The Hall–Kier alpha value is -1.26. The highest BCUT2D eigenvalue weighted by atomic mass is 16.5. The molecule has 1 fully saturated rings. The molecule has 2 rings (SSSR count). The lowest BCUT2D eigenvalue weighted by atomic mass is 10.1. The molecule has 1 aromatic rings. The van der Waals surface area contributed by atoms with Crippen molar-refractivity contribution in [2.24, 2.45) is 0 Å². The molecule has 1 aliphatic rings. The summed E-state index contributed by atoms with van der Waals surface area (Å²) in [6, 6.07) is 5.91. The molecule has 0 radical (unpaired) electrons. The van der Waals surface area contributed by atoms with Crippen molar-refractivity contribution < 1.29 is 14.6 Å². The zero-order valence-corrected chi connectivity index (χ0v) is 11.9. The van der Waals surface area contributed by atoms with Gasteiger partial charge >= 0.3 is 0 Å². The number of rotatable bonds is 3. The van der Waals surface area contributed by atoms with Crippen LogP contribution in [0.1, 0.15) is 31.9 Å². The zero-order chi connectivity index (χ0) is 13.8. The average Bonchev–Trinajstić information content (AvgIpc) is 2.62. The molecule has 19 heavy (non-hydrogen) atoms. The predicted octanol–water partition coefficient (Wildman–Crippen LogP) is 2.36. The zero-order valence-electron chi connectivity index (χ0n) is 11.9. The van der Waals surface area contributed by atoms with E-state index >= 15 is 0 Å². The Kier molecular flexibility index (Phi) is 4.66. The maximum Gasteiger partial charge on any atom is 0.126 e.